The monoisotopic (exact) mass is 523 g/mol. The molecule has 0 N–H and O–H groups in total. The van der Waals surface area contributed by atoms with Crippen LogP contribution in [0.4, 0.5) is 11.5 Å². The highest BCUT2D eigenvalue weighted by Gasteiger charge is 2.33. The molecule has 8 nitrogen and oxygen atoms in total. The van der Waals surface area contributed by atoms with Crippen LogP contribution in [-0.2, 0) is 24.2 Å². The van der Waals surface area contributed by atoms with Crippen molar-refractivity contribution in [1.29, 1.82) is 5.26 Å². The zero-order chi connectivity index (χ0) is 27.4. The van der Waals surface area contributed by atoms with E-state index in [0.717, 1.165) is 56.2 Å². The first kappa shape index (κ1) is 26.6. The number of benzene rings is 2. The molecule has 5 rings (SSSR count). The lowest BCUT2D eigenvalue weighted by Gasteiger charge is -2.42. The topological polar surface area (TPSA) is 79.6 Å². The van der Waals surface area contributed by atoms with Crippen molar-refractivity contribution in [2.75, 3.05) is 56.6 Å². The molecule has 2 aliphatic rings. The van der Waals surface area contributed by atoms with Gasteiger partial charge in [-0.25, -0.2) is 9.97 Å². The molecule has 1 unspecified atom stereocenters. The molecule has 0 aliphatic carbocycles. The molecule has 1 atom stereocenters. The first-order valence-corrected chi connectivity index (χ1v) is 13.8. The van der Waals surface area contributed by atoms with Gasteiger partial charge in [-0.3, -0.25) is 4.79 Å². The predicted molar refractivity (Wildman–Crippen MR) is 156 cm³/mol. The average molecular weight is 524 g/mol. The molecule has 1 aromatic heterocycles. The van der Waals surface area contributed by atoms with Gasteiger partial charge in [-0.05, 0) is 51.0 Å². The van der Waals surface area contributed by atoms with E-state index in [1.54, 1.807) is 4.90 Å². The van der Waals surface area contributed by atoms with Gasteiger partial charge in [0, 0.05) is 49.2 Å². The van der Waals surface area contributed by atoms with E-state index < -0.39 is 0 Å². The third kappa shape index (κ3) is 5.74. The SMILES string of the molecule is C=CC(=O)N1CCN(c2nc(CCCN(C)C)nc3c2CCN(c2cccc4ccccc24)C3)CC1CC#N. The second-order valence-electron chi connectivity index (χ2n) is 10.7. The number of piperazine rings is 1. The Morgan fingerprint density at radius 1 is 1.13 bits per heavy atom. The van der Waals surface area contributed by atoms with Crippen molar-refractivity contribution in [2.24, 2.45) is 0 Å². The largest absolute Gasteiger partial charge is 0.365 e. The van der Waals surface area contributed by atoms with Gasteiger partial charge in [0.2, 0.25) is 5.91 Å². The van der Waals surface area contributed by atoms with Crippen LogP contribution in [0.2, 0.25) is 0 Å². The van der Waals surface area contributed by atoms with Crippen LogP contribution < -0.4 is 9.80 Å². The van der Waals surface area contributed by atoms with Crippen molar-refractivity contribution < 1.29 is 4.79 Å². The normalized spacial score (nSPS) is 17.3. The minimum Gasteiger partial charge on any atom is -0.365 e. The summed E-state index contributed by atoms with van der Waals surface area (Å²) in [6.45, 7) is 8.05. The van der Waals surface area contributed by atoms with Crippen molar-refractivity contribution in [2.45, 2.75) is 38.3 Å². The maximum Gasteiger partial charge on any atom is 0.246 e. The molecule has 39 heavy (non-hydrogen) atoms. The first-order valence-electron chi connectivity index (χ1n) is 13.8. The maximum absolute atomic E-state index is 12.5. The number of anilines is 2. The quantitative estimate of drug-likeness (QED) is 0.416. The van der Waals surface area contributed by atoms with Gasteiger partial charge < -0.3 is 19.6 Å². The van der Waals surface area contributed by atoms with E-state index in [0.29, 0.717) is 19.6 Å². The van der Waals surface area contributed by atoms with E-state index in [4.69, 9.17) is 9.97 Å². The number of hydrogen-bond donors (Lipinski definition) is 0. The highest BCUT2D eigenvalue weighted by atomic mass is 16.2. The van der Waals surface area contributed by atoms with Crippen LogP contribution in [0, 0.1) is 11.3 Å². The van der Waals surface area contributed by atoms with Gasteiger partial charge in [0.15, 0.2) is 0 Å². The molecule has 0 bridgehead atoms. The minimum absolute atomic E-state index is 0.116. The lowest BCUT2D eigenvalue weighted by molar-refractivity contribution is -0.128. The zero-order valence-electron chi connectivity index (χ0n) is 23.0. The predicted octanol–water partition coefficient (Wildman–Crippen LogP) is 3.80. The van der Waals surface area contributed by atoms with E-state index in [1.165, 1.54) is 28.1 Å². The molecule has 0 radical (unpaired) electrons. The Balaban J connectivity index is 1.48. The third-order valence-electron chi connectivity index (χ3n) is 7.77. The highest BCUT2D eigenvalue weighted by molar-refractivity contribution is 5.94. The second kappa shape index (κ2) is 11.8. The Bertz CT molecular complexity index is 1390. The number of aryl methyl sites for hydroxylation is 1. The summed E-state index contributed by atoms with van der Waals surface area (Å²) in [6, 6.07) is 17.1. The van der Waals surface area contributed by atoms with Gasteiger partial charge in [0.05, 0.1) is 30.8 Å². The van der Waals surface area contributed by atoms with E-state index in [1.807, 2.05) is 0 Å². The van der Waals surface area contributed by atoms with E-state index in [-0.39, 0.29) is 18.4 Å². The number of fused-ring (bicyclic) bond motifs is 2. The third-order valence-corrected chi connectivity index (χ3v) is 7.77. The number of nitriles is 1. The molecule has 1 fully saturated rings. The standard InChI is InChI=1S/C31H37N7O/c1-4-30(39)38-20-19-37(21-24(38)14-16-32)31-26-15-18-36(28-12-7-10-23-9-5-6-11-25(23)28)22-27(26)33-29(34-31)13-8-17-35(2)3/h4-7,9-12,24H,1,8,13-15,17-22H2,2-3H3. The summed E-state index contributed by atoms with van der Waals surface area (Å²) in [6.07, 6.45) is 4.27. The fraction of sp³-hybridized carbons (Fsp3) is 0.419. The van der Waals surface area contributed by atoms with Crippen LogP contribution in [0.5, 0.6) is 0 Å². The number of amides is 1. The van der Waals surface area contributed by atoms with Crippen molar-refractivity contribution in [3.05, 3.63) is 72.2 Å². The molecule has 0 spiro atoms. The van der Waals surface area contributed by atoms with E-state index >= 15 is 0 Å². The molecule has 3 heterocycles. The van der Waals surface area contributed by atoms with Crippen molar-refractivity contribution in [3.8, 4) is 6.07 Å². The zero-order valence-corrected chi connectivity index (χ0v) is 23.0. The summed E-state index contributed by atoms with van der Waals surface area (Å²) in [5, 5.41) is 12.0. The summed E-state index contributed by atoms with van der Waals surface area (Å²) >= 11 is 0. The van der Waals surface area contributed by atoms with Crippen LogP contribution in [0.25, 0.3) is 10.8 Å². The van der Waals surface area contributed by atoms with Crippen LogP contribution >= 0.6 is 0 Å². The second-order valence-corrected chi connectivity index (χ2v) is 10.7. The summed E-state index contributed by atoms with van der Waals surface area (Å²) < 4.78 is 0. The number of nitrogens with zero attached hydrogens (tertiary/aromatic N) is 7. The van der Waals surface area contributed by atoms with Crippen molar-refractivity contribution >= 4 is 28.2 Å². The van der Waals surface area contributed by atoms with Gasteiger partial charge >= 0.3 is 0 Å². The van der Waals surface area contributed by atoms with Crippen LogP contribution in [0.3, 0.4) is 0 Å². The Labute approximate surface area is 231 Å². The number of aromatic nitrogens is 2. The molecule has 0 saturated carbocycles. The van der Waals surface area contributed by atoms with Crippen molar-refractivity contribution in [3.63, 3.8) is 0 Å². The molecular formula is C31H37N7O. The minimum atomic E-state index is -0.187. The summed E-state index contributed by atoms with van der Waals surface area (Å²) in [4.78, 5) is 31.4. The van der Waals surface area contributed by atoms with Crippen LogP contribution in [0.15, 0.2) is 55.1 Å². The number of carbonyl (C=O) groups excluding carboxylic acids is 1. The smallest absolute Gasteiger partial charge is 0.246 e. The lowest BCUT2D eigenvalue weighted by atomic mass is 10.0. The molecule has 202 valence electrons. The summed E-state index contributed by atoms with van der Waals surface area (Å²) in [5.74, 6) is 1.73. The number of carbonyl (C=O) groups is 1. The van der Waals surface area contributed by atoms with Crippen molar-refractivity contribution in [1.82, 2.24) is 19.8 Å². The molecule has 1 amide bonds. The Morgan fingerprint density at radius 2 is 1.95 bits per heavy atom. The fourth-order valence-corrected chi connectivity index (χ4v) is 5.81. The van der Waals surface area contributed by atoms with Crippen LogP contribution in [0.1, 0.15) is 29.9 Å². The molecule has 1 saturated heterocycles. The van der Waals surface area contributed by atoms with Gasteiger partial charge in [0.25, 0.3) is 0 Å². The number of hydrogen-bond acceptors (Lipinski definition) is 7. The fourth-order valence-electron chi connectivity index (χ4n) is 5.81. The Morgan fingerprint density at radius 3 is 2.74 bits per heavy atom. The average Bonchev–Trinajstić information content (AvgIpc) is 2.95. The first-order chi connectivity index (χ1) is 19.0. The molecular weight excluding hydrogens is 486 g/mol. The van der Waals surface area contributed by atoms with Crippen LogP contribution in [-0.4, -0.2) is 78.5 Å². The number of rotatable bonds is 8. The Kier molecular flexibility index (Phi) is 8.08. The van der Waals surface area contributed by atoms with E-state index in [2.05, 4.69) is 83.9 Å². The van der Waals surface area contributed by atoms with Gasteiger partial charge in [-0.2, -0.15) is 5.26 Å². The molecule has 8 heteroatoms. The maximum atomic E-state index is 12.5. The van der Waals surface area contributed by atoms with Gasteiger partial charge in [0.1, 0.15) is 11.6 Å². The molecule has 2 aliphatic heterocycles. The van der Waals surface area contributed by atoms with Gasteiger partial charge in [-0.1, -0.05) is 43.0 Å². The summed E-state index contributed by atoms with van der Waals surface area (Å²) in [7, 11) is 4.17. The summed E-state index contributed by atoms with van der Waals surface area (Å²) in [5.41, 5.74) is 3.52. The molecule has 2 aromatic carbocycles. The highest BCUT2D eigenvalue weighted by Crippen LogP contribution is 2.34. The van der Waals surface area contributed by atoms with Gasteiger partial charge in [-0.15, -0.1) is 0 Å². The molecule has 3 aromatic rings. The lowest BCUT2D eigenvalue weighted by Crippen LogP contribution is -2.55. The Hall–Kier alpha value is -3.96. The van der Waals surface area contributed by atoms with E-state index in [9.17, 15) is 10.1 Å².